The van der Waals surface area contributed by atoms with Crippen molar-refractivity contribution in [3.63, 3.8) is 0 Å². The van der Waals surface area contributed by atoms with Crippen LogP contribution in [0.3, 0.4) is 0 Å². The minimum absolute atomic E-state index is 0.0695. The fourth-order valence-corrected chi connectivity index (χ4v) is 8.77. The number of hydrogen-bond acceptors (Lipinski definition) is 10. The molecule has 1 fully saturated rings. The van der Waals surface area contributed by atoms with Crippen molar-refractivity contribution in [3.05, 3.63) is 167 Å². The molecule has 0 bridgehead atoms. The highest BCUT2D eigenvalue weighted by molar-refractivity contribution is 7.99. The largest absolute Gasteiger partial charge is 0.392 e. The minimum Gasteiger partial charge on any atom is -0.392 e. The van der Waals surface area contributed by atoms with Gasteiger partial charge in [-0.1, -0.05) is 127 Å². The van der Waals surface area contributed by atoms with E-state index >= 15 is 0 Å². The lowest BCUT2D eigenvalue weighted by atomic mass is 9.84. The number of amides is 1. The summed E-state index contributed by atoms with van der Waals surface area (Å²) in [7, 11) is -2.25. The first-order chi connectivity index (χ1) is 27.2. The molecule has 6 aromatic rings. The third-order valence-corrected chi connectivity index (χ3v) is 12.2. The molecule has 5 atom stereocenters. The minimum atomic E-state index is -4.04. The van der Waals surface area contributed by atoms with E-state index in [0.29, 0.717) is 22.2 Å². The summed E-state index contributed by atoms with van der Waals surface area (Å²) in [5, 5.41) is 25.3. The molecule has 2 heterocycles. The fraction of sp³-hybridized carbons (Fsp3) is 0.238. The zero-order valence-electron chi connectivity index (χ0n) is 30.8. The molecule has 1 aromatic heterocycles. The van der Waals surface area contributed by atoms with Crippen LogP contribution >= 0.6 is 11.8 Å². The Morgan fingerprint density at radius 2 is 1.54 bits per heavy atom. The van der Waals surface area contributed by atoms with Gasteiger partial charge in [-0.05, 0) is 70.3 Å². The number of aliphatic hydroxyl groups excluding tert-OH is 1. The molecule has 5 unspecified atom stereocenters. The molecule has 5 aromatic carbocycles. The number of thioether (sulfide) groups is 1. The molecular weight excluding hydrogens is 749 g/mol. The van der Waals surface area contributed by atoms with E-state index in [0.717, 1.165) is 27.8 Å². The van der Waals surface area contributed by atoms with Gasteiger partial charge in [0.05, 0.1) is 23.7 Å². The third kappa shape index (κ3) is 9.41. The number of ether oxygens (including phenoxy) is 2. The van der Waals surface area contributed by atoms with Crippen molar-refractivity contribution in [2.75, 3.05) is 11.1 Å². The molecule has 0 aliphatic carbocycles. The quantitative estimate of drug-likeness (QED) is 0.108. The number of rotatable bonds is 14. The van der Waals surface area contributed by atoms with Gasteiger partial charge in [-0.15, -0.1) is 5.10 Å². The second kappa shape index (κ2) is 17.7. The van der Waals surface area contributed by atoms with E-state index in [-0.39, 0.29) is 29.9 Å². The second-order valence-corrected chi connectivity index (χ2v) is 16.3. The van der Waals surface area contributed by atoms with Crippen LogP contribution in [-0.2, 0) is 44.4 Å². The van der Waals surface area contributed by atoms with Crippen molar-refractivity contribution in [3.8, 4) is 0 Å². The van der Waals surface area contributed by atoms with Crippen LogP contribution in [0.1, 0.15) is 51.7 Å². The number of nitrogens with one attached hydrogen (secondary N) is 2. The summed E-state index contributed by atoms with van der Waals surface area (Å²) in [6.45, 7) is 1.80. The number of nitrogens with zero attached hydrogens (tertiary/aromatic N) is 4. The van der Waals surface area contributed by atoms with Crippen LogP contribution in [0.15, 0.2) is 144 Å². The van der Waals surface area contributed by atoms with Gasteiger partial charge in [0.25, 0.3) is 0 Å². The average molecular weight is 791 g/mol. The Bertz CT molecular complexity index is 2330. The summed E-state index contributed by atoms with van der Waals surface area (Å²) in [6.07, 6.45) is -1.57. The molecule has 1 aliphatic rings. The Morgan fingerprint density at radius 3 is 2.21 bits per heavy atom. The number of aromatic nitrogens is 4. The first-order valence-electron chi connectivity index (χ1n) is 18.1. The summed E-state index contributed by atoms with van der Waals surface area (Å²) in [6, 6.07) is 39.6. The van der Waals surface area contributed by atoms with Gasteiger partial charge in [-0.3, -0.25) is 4.79 Å². The number of aryl methyl sites for hydroxylation is 2. The summed E-state index contributed by atoms with van der Waals surface area (Å²) in [4.78, 5) is 14.1. The van der Waals surface area contributed by atoms with E-state index in [4.69, 9.17) is 9.47 Å². The lowest BCUT2D eigenvalue weighted by molar-refractivity contribution is -0.255. The topological polar surface area (TPSA) is 158 Å². The molecule has 14 heteroatoms. The Balaban J connectivity index is 1.18. The van der Waals surface area contributed by atoms with Gasteiger partial charge in [0.2, 0.25) is 21.1 Å². The standard InChI is InChI=1S/C42H42N6O6S2/c1-28-16-22-35(23-17-28)56(51,52)45-36(24-29-10-5-3-6-11-29)40(50)43-34-15-9-14-33(25-34)41-53-37(27-55-42-44-46-47-48(42)2)38(31-12-7-4-8-13-31)39(54-41)32-20-18-30(26-49)19-21-32/h3-23,25,36-39,41,45,49H,24,26-27H2,1-2H3,(H,43,50). The summed E-state index contributed by atoms with van der Waals surface area (Å²) in [5.74, 6) is -0.258. The van der Waals surface area contributed by atoms with Crippen molar-refractivity contribution in [1.29, 1.82) is 0 Å². The molecular formula is C42H42N6O6S2. The van der Waals surface area contributed by atoms with Gasteiger partial charge in [0.15, 0.2) is 6.29 Å². The van der Waals surface area contributed by atoms with Crippen molar-refractivity contribution >= 4 is 33.4 Å². The predicted octanol–water partition coefficient (Wildman–Crippen LogP) is 6.27. The highest BCUT2D eigenvalue weighted by atomic mass is 32.2. The number of benzene rings is 5. The van der Waals surface area contributed by atoms with Crippen molar-refractivity contribution < 1.29 is 27.8 Å². The normalized spacial score (nSPS) is 19.0. The van der Waals surface area contributed by atoms with Gasteiger partial charge >= 0.3 is 0 Å². The van der Waals surface area contributed by atoms with Gasteiger partial charge < -0.3 is 19.9 Å². The van der Waals surface area contributed by atoms with E-state index in [2.05, 4.69) is 37.7 Å². The highest BCUT2D eigenvalue weighted by Gasteiger charge is 2.42. The molecule has 0 spiro atoms. The van der Waals surface area contributed by atoms with Gasteiger partial charge in [0, 0.05) is 30.0 Å². The lowest BCUT2D eigenvalue weighted by Crippen LogP contribution is -2.45. The van der Waals surface area contributed by atoms with E-state index in [1.807, 2.05) is 85.8 Å². The van der Waals surface area contributed by atoms with Gasteiger partial charge in [0.1, 0.15) is 6.04 Å². The van der Waals surface area contributed by atoms with Crippen LogP contribution in [0.5, 0.6) is 0 Å². The Morgan fingerprint density at radius 1 is 0.839 bits per heavy atom. The van der Waals surface area contributed by atoms with Crippen LogP contribution in [0.4, 0.5) is 5.69 Å². The molecule has 1 saturated heterocycles. The number of carbonyl (C=O) groups excluding carboxylic acids is 1. The Kier molecular flexibility index (Phi) is 12.3. The second-order valence-electron chi connectivity index (χ2n) is 13.6. The first kappa shape index (κ1) is 39.0. The van der Waals surface area contributed by atoms with Crippen LogP contribution in [0.25, 0.3) is 0 Å². The van der Waals surface area contributed by atoms with Crippen molar-refractivity contribution in [2.45, 2.75) is 60.5 Å². The number of carbonyl (C=O) groups is 1. The Hall–Kier alpha value is -5.22. The number of anilines is 1. The smallest absolute Gasteiger partial charge is 0.242 e. The van der Waals surface area contributed by atoms with E-state index in [1.165, 1.54) is 23.9 Å². The van der Waals surface area contributed by atoms with Crippen molar-refractivity contribution in [2.24, 2.45) is 7.05 Å². The first-order valence-corrected chi connectivity index (χ1v) is 20.6. The maximum Gasteiger partial charge on any atom is 0.242 e. The van der Waals surface area contributed by atoms with E-state index in [1.54, 1.807) is 42.1 Å². The van der Waals surface area contributed by atoms with Crippen LogP contribution < -0.4 is 10.0 Å². The summed E-state index contributed by atoms with van der Waals surface area (Å²) >= 11 is 1.48. The molecule has 1 amide bonds. The van der Waals surface area contributed by atoms with Gasteiger partial charge in [-0.2, -0.15) is 4.72 Å². The predicted molar refractivity (Wildman–Crippen MR) is 213 cm³/mol. The molecule has 56 heavy (non-hydrogen) atoms. The number of aliphatic hydroxyl groups is 1. The monoisotopic (exact) mass is 790 g/mol. The molecule has 0 saturated carbocycles. The van der Waals surface area contributed by atoms with E-state index in [9.17, 15) is 18.3 Å². The lowest BCUT2D eigenvalue weighted by Gasteiger charge is -2.43. The molecule has 288 valence electrons. The average Bonchev–Trinajstić information content (AvgIpc) is 3.64. The summed E-state index contributed by atoms with van der Waals surface area (Å²) < 4.78 is 44.9. The number of sulfonamides is 1. The molecule has 0 radical (unpaired) electrons. The Labute approximate surface area is 330 Å². The molecule has 1 aliphatic heterocycles. The molecule has 12 nitrogen and oxygen atoms in total. The highest BCUT2D eigenvalue weighted by Crippen LogP contribution is 2.48. The van der Waals surface area contributed by atoms with Gasteiger partial charge in [-0.25, -0.2) is 13.1 Å². The number of tetrazole rings is 1. The van der Waals surface area contributed by atoms with Crippen LogP contribution in [0, 0.1) is 6.92 Å². The number of hydrogen-bond donors (Lipinski definition) is 3. The third-order valence-electron chi connectivity index (χ3n) is 9.58. The molecule has 7 rings (SSSR count). The maximum atomic E-state index is 14.0. The maximum absolute atomic E-state index is 14.0. The SMILES string of the molecule is Cc1ccc(S(=O)(=O)NC(Cc2ccccc2)C(=O)Nc2cccc(C3OC(CSc4nnnn4C)C(c4ccccc4)C(c4ccc(CO)cc4)O3)c2)cc1. The molecule has 3 N–H and O–H groups in total. The zero-order valence-corrected chi connectivity index (χ0v) is 32.4. The van der Waals surface area contributed by atoms with Crippen molar-refractivity contribution in [1.82, 2.24) is 24.9 Å². The van der Waals surface area contributed by atoms with E-state index < -0.39 is 34.4 Å². The zero-order chi connectivity index (χ0) is 39.1. The fourth-order valence-electron chi connectivity index (χ4n) is 6.65. The summed E-state index contributed by atoms with van der Waals surface area (Å²) in [5.41, 5.74) is 5.53. The van der Waals surface area contributed by atoms with Crippen LogP contribution in [0.2, 0.25) is 0 Å². The van der Waals surface area contributed by atoms with Crippen LogP contribution in [-0.4, -0.2) is 57.5 Å².